The number of hydrogen-bond acceptors (Lipinski definition) is 3. The Kier molecular flexibility index (Phi) is 5.88. The Morgan fingerprint density at radius 1 is 1.23 bits per heavy atom. The molecule has 1 atom stereocenters. The maximum atomic E-state index is 12.4. The first-order valence-corrected chi connectivity index (χ1v) is 8.96. The van der Waals surface area contributed by atoms with E-state index in [9.17, 15) is 9.59 Å². The van der Waals surface area contributed by atoms with Gasteiger partial charge >= 0.3 is 6.03 Å². The molecule has 3 rings (SSSR count). The van der Waals surface area contributed by atoms with Crippen molar-refractivity contribution in [2.24, 2.45) is 0 Å². The molecule has 26 heavy (non-hydrogen) atoms. The van der Waals surface area contributed by atoms with Crippen LogP contribution in [-0.2, 0) is 17.8 Å². The second-order valence-corrected chi connectivity index (χ2v) is 6.62. The van der Waals surface area contributed by atoms with Crippen molar-refractivity contribution in [2.45, 2.75) is 25.9 Å². The predicted octanol–water partition coefficient (Wildman–Crippen LogP) is 1.37. The molecule has 1 aliphatic rings. The van der Waals surface area contributed by atoms with Gasteiger partial charge in [-0.25, -0.2) is 4.79 Å². The van der Waals surface area contributed by atoms with Crippen LogP contribution in [0.2, 0.25) is 0 Å². The van der Waals surface area contributed by atoms with Gasteiger partial charge in [-0.3, -0.25) is 9.48 Å². The molecule has 7 heteroatoms. The highest BCUT2D eigenvalue weighted by molar-refractivity contribution is 5.85. The smallest absolute Gasteiger partial charge is 0.318 e. The number of aromatic nitrogens is 2. The molecule has 0 radical (unpaired) electrons. The van der Waals surface area contributed by atoms with E-state index in [-0.39, 0.29) is 24.5 Å². The molecule has 1 unspecified atom stereocenters. The summed E-state index contributed by atoms with van der Waals surface area (Å²) in [5.74, 6) is 0.00191. The maximum absolute atomic E-state index is 12.4. The molecule has 0 saturated carbocycles. The molecule has 1 fully saturated rings. The zero-order valence-corrected chi connectivity index (χ0v) is 15.0. The number of amides is 3. The summed E-state index contributed by atoms with van der Waals surface area (Å²) in [5, 5.41) is 7.07. The van der Waals surface area contributed by atoms with Crippen molar-refractivity contribution < 1.29 is 9.59 Å². The van der Waals surface area contributed by atoms with Crippen LogP contribution in [0.5, 0.6) is 0 Å². The van der Waals surface area contributed by atoms with Gasteiger partial charge in [-0.1, -0.05) is 30.3 Å². The van der Waals surface area contributed by atoms with Crippen LogP contribution in [0.25, 0.3) is 0 Å². The van der Waals surface area contributed by atoms with Crippen molar-refractivity contribution in [1.29, 1.82) is 0 Å². The third kappa shape index (κ3) is 4.84. The van der Waals surface area contributed by atoms with E-state index in [0.29, 0.717) is 26.2 Å². The second kappa shape index (κ2) is 8.51. The minimum absolute atomic E-state index is 0.00191. The predicted molar refractivity (Wildman–Crippen MR) is 98.5 cm³/mol. The summed E-state index contributed by atoms with van der Waals surface area (Å²) in [4.78, 5) is 28.2. The lowest BCUT2D eigenvalue weighted by atomic mass is 10.1. The number of nitrogens with one attached hydrogen (secondary N) is 1. The molecule has 1 aliphatic heterocycles. The molecule has 2 heterocycles. The topological polar surface area (TPSA) is 70.5 Å². The summed E-state index contributed by atoms with van der Waals surface area (Å²) < 4.78 is 1.78. The van der Waals surface area contributed by atoms with Crippen LogP contribution in [0.4, 0.5) is 4.79 Å². The molecule has 138 valence electrons. The van der Waals surface area contributed by atoms with E-state index in [1.54, 1.807) is 15.8 Å². The molecule has 1 aromatic carbocycles. The highest BCUT2D eigenvalue weighted by Gasteiger charge is 2.27. The molecule has 2 aromatic rings. The van der Waals surface area contributed by atoms with Crippen molar-refractivity contribution >= 4 is 11.9 Å². The van der Waals surface area contributed by atoms with E-state index in [2.05, 4.69) is 22.5 Å². The molecule has 0 spiro atoms. The van der Waals surface area contributed by atoms with Gasteiger partial charge in [0.2, 0.25) is 5.91 Å². The number of hydrogen-bond donors (Lipinski definition) is 1. The molecule has 3 amide bonds. The van der Waals surface area contributed by atoms with E-state index >= 15 is 0 Å². The monoisotopic (exact) mass is 355 g/mol. The first-order valence-electron chi connectivity index (χ1n) is 8.96. The van der Waals surface area contributed by atoms with Gasteiger partial charge in [-0.15, -0.1) is 0 Å². The van der Waals surface area contributed by atoms with E-state index in [0.717, 1.165) is 6.42 Å². The summed E-state index contributed by atoms with van der Waals surface area (Å²) >= 11 is 0. The van der Waals surface area contributed by atoms with Crippen molar-refractivity contribution in [2.75, 3.05) is 26.2 Å². The normalized spacial score (nSPS) is 15.8. The van der Waals surface area contributed by atoms with E-state index in [4.69, 9.17) is 0 Å². The highest BCUT2D eigenvalue weighted by atomic mass is 16.2. The van der Waals surface area contributed by atoms with Crippen LogP contribution in [0.1, 0.15) is 12.5 Å². The van der Waals surface area contributed by atoms with Crippen molar-refractivity contribution in [3.8, 4) is 0 Å². The van der Waals surface area contributed by atoms with Crippen molar-refractivity contribution in [3.05, 3.63) is 54.4 Å². The molecule has 1 aromatic heterocycles. The van der Waals surface area contributed by atoms with Crippen LogP contribution < -0.4 is 5.32 Å². The van der Waals surface area contributed by atoms with Crippen LogP contribution in [0, 0.1) is 0 Å². The minimum atomic E-state index is -0.194. The lowest BCUT2D eigenvalue weighted by Gasteiger charge is -2.35. The van der Waals surface area contributed by atoms with Gasteiger partial charge in [0.25, 0.3) is 0 Å². The molecular weight excluding hydrogens is 330 g/mol. The van der Waals surface area contributed by atoms with Crippen LogP contribution in [0.15, 0.2) is 48.8 Å². The standard InChI is InChI=1S/C19H25N5O2/c1-16(14-24-10-5-9-20-24)21-19(26)23-13-12-22(18(25)15-23)11-8-17-6-3-2-4-7-17/h2-7,9-10,16H,8,11-15H2,1H3,(H,21,26). The van der Waals surface area contributed by atoms with Crippen molar-refractivity contribution in [3.63, 3.8) is 0 Å². The number of carbonyl (C=O) groups excluding carboxylic acids is 2. The lowest BCUT2D eigenvalue weighted by Crippen LogP contribution is -2.56. The number of piperazine rings is 1. The molecular formula is C19H25N5O2. The summed E-state index contributed by atoms with van der Waals surface area (Å²) in [6, 6.07) is 11.7. The van der Waals surface area contributed by atoms with Gasteiger partial charge in [-0.2, -0.15) is 5.10 Å². The molecule has 1 saturated heterocycles. The van der Waals surface area contributed by atoms with Gasteiger partial charge in [0.15, 0.2) is 0 Å². The Balaban J connectivity index is 1.43. The molecule has 7 nitrogen and oxygen atoms in total. The van der Waals surface area contributed by atoms with Gasteiger partial charge in [0.05, 0.1) is 6.54 Å². The molecule has 0 aliphatic carbocycles. The SMILES string of the molecule is CC(Cn1cccn1)NC(=O)N1CCN(CCc2ccccc2)C(=O)C1. The van der Waals surface area contributed by atoms with Gasteiger partial charge < -0.3 is 15.1 Å². The van der Waals surface area contributed by atoms with Gasteiger partial charge in [0.1, 0.15) is 6.54 Å². The number of nitrogens with zero attached hydrogens (tertiary/aromatic N) is 4. The van der Waals surface area contributed by atoms with Crippen LogP contribution >= 0.6 is 0 Å². The first-order chi connectivity index (χ1) is 12.6. The number of rotatable bonds is 6. The Hall–Kier alpha value is -2.83. The summed E-state index contributed by atoms with van der Waals surface area (Å²) in [6.07, 6.45) is 4.40. The third-order valence-corrected chi connectivity index (χ3v) is 4.51. The lowest BCUT2D eigenvalue weighted by molar-refractivity contribution is -0.134. The molecule has 1 N–H and O–H groups in total. The Labute approximate surface area is 153 Å². The summed E-state index contributed by atoms with van der Waals surface area (Å²) in [7, 11) is 0. The highest BCUT2D eigenvalue weighted by Crippen LogP contribution is 2.07. The average molecular weight is 355 g/mol. The van der Waals surface area contributed by atoms with Gasteiger partial charge in [0, 0.05) is 38.1 Å². The Bertz CT molecular complexity index is 717. The molecule has 0 bridgehead atoms. The van der Waals surface area contributed by atoms with E-state index in [1.165, 1.54) is 5.56 Å². The minimum Gasteiger partial charge on any atom is -0.339 e. The fourth-order valence-corrected chi connectivity index (χ4v) is 3.06. The van der Waals surface area contributed by atoms with Crippen LogP contribution in [0.3, 0.4) is 0 Å². The zero-order valence-electron chi connectivity index (χ0n) is 15.0. The summed E-state index contributed by atoms with van der Waals surface area (Å²) in [5.41, 5.74) is 1.22. The number of urea groups is 1. The fraction of sp³-hybridized carbons (Fsp3) is 0.421. The van der Waals surface area contributed by atoms with Crippen molar-refractivity contribution in [1.82, 2.24) is 24.9 Å². The maximum Gasteiger partial charge on any atom is 0.318 e. The Morgan fingerprint density at radius 2 is 2.04 bits per heavy atom. The Morgan fingerprint density at radius 3 is 2.73 bits per heavy atom. The second-order valence-electron chi connectivity index (χ2n) is 6.62. The summed E-state index contributed by atoms with van der Waals surface area (Å²) in [6.45, 7) is 4.48. The third-order valence-electron chi connectivity index (χ3n) is 4.51. The van der Waals surface area contributed by atoms with Crippen LogP contribution in [-0.4, -0.2) is 63.7 Å². The number of benzene rings is 1. The fourth-order valence-electron chi connectivity index (χ4n) is 3.06. The van der Waals surface area contributed by atoms with E-state index < -0.39 is 0 Å². The average Bonchev–Trinajstić information content (AvgIpc) is 3.14. The first kappa shape index (κ1) is 18.0. The van der Waals surface area contributed by atoms with E-state index in [1.807, 2.05) is 42.3 Å². The largest absolute Gasteiger partial charge is 0.339 e. The zero-order chi connectivity index (χ0) is 18.4. The number of carbonyl (C=O) groups is 2. The quantitative estimate of drug-likeness (QED) is 0.851. The van der Waals surface area contributed by atoms with Gasteiger partial charge in [-0.05, 0) is 25.0 Å².